The zero-order valence-electron chi connectivity index (χ0n) is 9.54. The van der Waals surface area contributed by atoms with Crippen molar-refractivity contribution in [3.63, 3.8) is 0 Å². The van der Waals surface area contributed by atoms with Crippen LogP contribution >= 0.6 is 0 Å². The van der Waals surface area contributed by atoms with E-state index in [0.717, 1.165) is 12.1 Å². The number of carbonyl (C=O) groups excluding carboxylic acids is 1. The molecule has 0 unspecified atom stereocenters. The standard InChI is InChI=1S/C12H14F2O3/c1-2-16-5-6-17-8-12(15)10-4-3-9(13)7-11(10)14/h3-4,7H,2,5-6,8H2,1H3. The number of carbonyl (C=O) groups is 1. The fraction of sp³-hybridized carbons (Fsp3) is 0.417. The summed E-state index contributed by atoms with van der Waals surface area (Å²) in [7, 11) is 0. The molecule has 1 aromatic rings. The molecule has 1 aromatic carbocycles. The number of ether oxygens (including phenoxy) is 2. The van der Waals surface area contributed by atoms with E-state index in [9.17, 15) is 13.6 Å². The summed E-state index contributed by atoms with van der Waals surface area (Å²) in [6, 6.07) is 2.82. The molecular formula is C12H14F2O3. The lowest BCUT2D eigenvalue weighted by atomic mass is 10.1. The molecule has 0 radical (unpaired) electrons. The maximum Gasteiger partial charge on any atom is 0.191 e. The maximum atomic E-state index is 13.2. The summed E-state index contributed by atoms with van der Waals surface area (Å²) in [5, 5.41) is 0. The van der Waals surface area contributed by atoms with Crippen molar-refractivity contribution in [1.82, 2.24) is 0 Å². The van der Waals surface area contributed by atoms with Crippen LogP contribution in [0.25, 0.3) is 0 Å². The Morgan fingerprint density at radius 3 is 2.59 bits per heavy atom. The molecule has 17 heavy (non-hydrogen) atoms. The number of ketones is 1. The quantitative estimate of drug-likeness (QED) is 0.545. The van der Waals surface area contributed by atoms with Crippen LogP contribution < -0.4 is 0 Å². The molecule has 0 aliphatic rings. The Labute approximate surface area is 98.3 Å². The van der Waals surface area contributed by atoms with Crippen LogP contribution in [-0.2, 0) is 9.47 Å². The van der Waals surface area contributed by atoms with Crippen LogP contribution in [0.15, 0.2) is 18.2 Å². The summed E-state index contributed by atoms with van der Waals surface area (Å²) in [4.78, 5) is 11.5. The van der Waals surface area contributed by atoms with Crippen molar-refractivity contribution in [3.05, 3.63) is 35.4 Å². The van der Waals surface area contributed by atoms with E-state index in [1.165, 1.54) is 0 Å². The predicted molar refractivity (Wildman–Crippen MR) is 58.0 cm³/mol. The molecule has 0 saturated carbocycles. The van der Waals surface area contributed by atoms with Gasteiger partial charge in [-0.05, 0) is 19.1 Å². The second kappa shape index (κ2) is 7.09. The van der Waals surface area contributed by atoms with Gasteiger partial charge in [0.25, 0.3) is 0 Å². The van der Waals surface area contributed by atoms with Crippen molar-refractivity contribution in [3.8, 4) is 0 Å². The van der Waals surface area contributed by atoms with Gasteiger partial charge in [-0.3, -0.25) is 4.79 Å². The number of hydrogen-bond donors (Lipinski definition) is 0. The van der Waals surface area contributed by atoms with E-state index in [1.54, 1.807) is 0 Å². The van der Waals surface area contributed by atoms with Gasteiger partial charge in [0.1, 0.15) is 18.2 Å². The van der Waals surface area contributed by atoms with Crippen molar-refractivity contribution >= 4 is 5.78 Å². The van der Waals surface area contributed by atoms with Crippen LogP contribution in [0, 0.1) is 11.6 Å². The molecular weight excluding hydrogens is 230 g/mol. The highest BCUT2D eigenvalue weighted by Crippen LogP contribution is 2.10. The summed E-state index contributed by atoms with van der Waals surface area (Å²) >= 11 is 0. The minimum absolute atomic E-state index is 0.164. The van der Waals surface area contributed by atoms with E-state index in [4.69, 9.17) is 9.47 Å². The molecule has 0 bridgehead atoms. The average Bonchev–Trinajstić information content (AvgIpc) is 2.28. The van der Waals surface area contributed by atoms with E-state index in [0.29, 0.717) is 19.3 Å². The van der Waals surface area contributed by atoms with Crippen LogP contribution in [0.5, 0.6) is 0 Å². The minimum atomic E-state index is -0.872. The number of hydrogen-bond acceptors (Lipinski definition) is 3. The van der Waals surface area contributed by atoms with Gasteiger partial charge < -0.3 is 9.47 Å². The highest BCUT2D eigenvalue weighted by atomic mass is 19.1. The predicted octanol–water partition coefficient (Wildman–Crippen LogP) is 2.20. The topological polar surface area (TPSA) is 35.5 Å². The van der Waals surface area contributed by atoms with Gasteiger partial charge >= 0.3 is 0 Å². The normalized spacial score (nSPS) is 10.5. The second-order valence-electron chi connectivity index (χ2n) is 3.30. The Hall–Kier alpha value is -1.33. The summed E-state index contributed by atoms with van der Waals surface area (Å²) in [5.41, 5.74) is -0.164. The van der Waals surface area contributed by atoms with E-state index >= 15 is 0 Å². The Morgan fingerprint density at radius 2 is 1.94 bits per heavy atom. The van der Waals surface area contributed by atoms with Crippen LogP contribution in [0.2, 0.25) is 0 Å². The first-order valence-corrected chi connectivity index (χ1v) is 5.29. The summed E-state index contributed by atoms with van der Waals surface area (Å²) in [5.74, 6) is -2.10. The fourth-order valence-corrected chi connectivity index (χ4v) is 1.22. The molecule has 0 amide bonds. The lowest BCUT2D eigenvalue weighted by Crippen LogP contribution is -2.14. The van der Waals surface area contributed by atoms with Crippen molar-refractivity contribution in [1.29, 1.82) is 0 Å². The Balaban J connectivity index is 2.42. The van der Waals surface area contributed by atoms with Crippen molar-refractivity contribution in [2.45, 2.75) is 6.92 Å². The van der Waals surface area contributed by atoms with Gasteiger partial charge in [-0.15, -0.1) is 0 Å². The molecule has 5 heteroatoms. The van der Waals surface area contributed by atoms with Gasteiger partial charge in [-0.1, -0.05) is 0 Å². The van der Waals surface area contributed by atoms with Crippen LogP contribution in [0.4, 0.5) is 8.78 Å². The molecule has 0 spiro atoms. The third-order valence-corrected chi connectivity index (χ3v) is 2.04. The SMILES string of the molecule is CCOCCOCC(=O)c1ccc(F)cc1F. The van der Waals surface area contributed by atoms with Crippen LogP contribution in [0.1, 0.15) is 17.3 Å². The lowest BCUT2D eigenvalue weighted by Gasteiger charge is -2.04. The molecule has 3 nitrogen and oxygen atoms in total. The van der Waals surface area contributed by atoms with E-state index in [2.05, 4.69) is 0 Å². The van der Waals surface area contributed by atoms with Crippen LogP contribution in [-0.4, -0.2) is 32.2 Å². The molecule has 1 rings (SSSR count). The molecule has 0 heterocycles. The zero-order valence-corrected chi connectivity index (χ0v) is 9.54. The Bertz CT molecular complexity index is 380. The van der Waals surface area contributed by atoms with Gasteiger partial charge in [0.2, 0.25) is 0 Å². The first-order chi connectivity index (χ1) is 8.15. The smallest absolute Gasteiger partial charge is 0.191 e. The molecule has 0 N–H and O–H groups in total. The second-order valence-corrected chi connectivity index (χ2v) is 3.30. The monoisotopic (exact) mass is 244 g/mol. The van der Waals surface area contributed by atoms with Gasteiger partial charge in [-0.25, -0.2) is 8.78 Å². The van der Waals surface area contributed by atoms with Gasteiger partial charge in [0.05, 0.1) is 18.8 Å². The average molecular weight is 244 g/mol. The van der Waals surface area contributed by atoms with E-state index < -0.39 is 17.4 Å². The summed E-state index contributed by atoms with van der Waals surface area (Å²) in [6.07, 6.45) is 0. The maximum absolute atomic E-state index is 13.2. The lowest BCUT2D eigenvalue weighted by molar-refractivity contribution is 0.0473. The number of halogens is 2. The van der Waals surface area contributed by atoms with E-state index in [-0.39, 0.29) is 18.8 Å². The Kier molecular flexibility index (Phi) is 5.72. The summed E-state index contributed by atoms with van der Waals surface area (Å²) < 4.78 is 35.8. The first kappa shape index (κ1) is 13.7. The number of rotatable bonds is 7. The van der Waals surface area contributed by atoms with Crippen molar-refractivity contribution in [2.75, 3.05) is 26.4 Å². The minimum Gasteiger partial charge on any atom is -0.379 e. The highest BCUT2D eigenvalue weighted by Gasteiger charge is 2.12. The molecule has 0 atom stereocenters. The van der Waals surface area contributed by atoms with Crippen LogP contribution in [0.3, 0.4) is 0 Å². The third kappa shape index (κ3) is 4.58. The molecule has 0 aromatic heterocycles. The number of benzene rings is 1. The highest BCUT2D eigenvalue weighted by molar-refractivity contribution is 5.97. The van der Waals surface area contributed by atoms with Gasteiger partial charge in [0, 0.05) is 12.7 Å². The number of Topliss-reactive ketones (excluding diaryl/α,β-unsaturated/α-hetero) is 1. The Morgan fingerprint density at radius 1 is 1.24 bits per heavy atom. The van der Waals surface area contributed by atoms with Gasteiger partial charge in [0.15, 0.2) is 5.78 Å². The van der Waals surface area contributed by atoms with E-state index in [1.807, 2.05) is 6.92 Å². The van der Waals surface area contributed by atoms with Crippen molar-refractivity contribution < 1.29 is 23.0 Å². The fourth-order valence-electron chi connectivity index (χ4n) is 1.22. The summed E-state index contributed by atoms with van der Waals surface area (Å²) in [6.45, 7) is 2.83. The molecule has 0 aliphatic heterocycles. The van der Waals surface area contributed by atoms with Crippen molar-refractivity contribution in [2.24, 2.45) is 0 Å². The molecule has 0 aliphatic carbocycles. The van der Waals surface area contributed by atoms with Gasteiger partial charge in [-0.2, -0.15) is 0 Å². The first-order valence-electron chi connectivity index (χ1n) is 5.29. The largest absolute Gasteiger partial charge is 0.379 e. The molecule has 0 fully saturated rings. The molecule has 0 saturated heterocycles. The molecule has 94 valence electrons. The zero-order chi connectivity index (χ0) is 12.7. The third-order valence-electron chi connectivity index (χ3n) is 2.04.